The second-order valence-corrected chi connectivity index (χ2v) is 7.83. The molecule has 0 unspecified atom stereocenters. The Labute approximate surface area is 152 Å². The summed E-state index contributed by atoms with van der Waals surface area (Å²) in [4.78, 5) is 0. The number of fused-ring (bicyclic) bond motifs is 5. The highest BCUT2D eigenvalue weighted by Crippen LogP contribution is 2.64. The summed E-state index contributed by atoms with van der Waals surface area (Å²) < 4.78 is 8.01. The van der Waals surface area contributed by atoms with Crippen LogP contribution in [0.4, 0.5) is 0 Å². The van der Waals surface area contributed by atoms with E-state index in [1.54, 1.807) is 32.0 Å². The molecule has 0 aliphatic carbocycles. The number of halogens is 1. The van der Waals surface area contributed by atoms with Gasteiger partial charge in [0.15, 0.2) is 0 Å². The molecule has 0 saturated carbocycles. The molecule has 0 spiro atoms. The topological polar surface area (TPSA) is 98.6 Å². The van der Waals surface area contributed by atoms with Crippen LogP contribution < -0.4 is 0 Å². The first kappa shape index (κ1) is 15.7. The third-order valence-corrected chi connectivity index (χ3v) is 6.03. The molecule has 24 heavy (non-hydrogen) atoms. The monoisotopic (exact) mass is 438 g/mol. The third-order valence-electron chi connectivity index (χ3n) is 5.13. The smallest absolute Gasteiger partial charge is 0.205 e. The predicted molar refractivity (Wildman–Crippen MR) is 92.9 cm³/mol. The van der Waals surface area contributed by atoms with Crippen LogP contribution in [-0.2, 0) is 15.9 Å². The lowest BCUT2D eigenvalue weighted by Crippen LogP contribution is -2.32. The van der Waals surface area contributed by atoms with Crippen LogP contribution in [-0.4, -0.2) is 26.0 Å². The number of hydrogen-bond acceptors (Lipinski definition) is 5. The number of aliphatic hydroxyl groups excluding tert-OH is 1. The molecule has 4 rings (SSSR count). The maximum absolute atomic E-state index is 10.8. The summed E-state index contributed by atoms with van der Waals surface area (Å²) >= 11 is 2.04. The minimum atomic E-state index is -1.04. The number of ether oxygens (including phenoxy) is 1. The number of hydrogen-bond donors (Lipinski definition) is 3. The van der Waals surface area contributed by atoms with E-state index in [4.69, 9.17) is 10.00 Å². The van der Waals surface area contributed by atoms with E-state index < -0.39 is 17.3 Å². The molecule has 2 bridgehead atoms. The van der Waals surface area contributed by atoms with Gasteiger partial charge in [0.25, 0.3) is 0 Å². The SMILES string of the molecule is C[C@]12C[C@@H](O)[C@](C)(O1)c1c2c(O)n(-c2ccc(C#N)c(I)c2)c1O. The van der Waals surface area contributed by atoms with Gasteiger partial charge < -0.3 is 20.1 Å². The normalized spacial score (nSPS) is 30.4. The standard InChI is InChI=1S/C17H15IN2O4/c1-16-6-11(21)17(2,24-16)13-12(16)14(22)20(15(13)23)9-4-3-8(7-19)10(18)5-9/h3-5,11,21-23H,6H2,1-2H3/t11-,16-,17+/m1/s1. The summed E-state index contributed by atoms with van der Waals surface area (Å²) in [6, 6.07) is 7.12. The van der Waals surface area contributed by atoms with Crippen molar-refractivity contribution in [2.24, 2.45) is 0 Å². The molecule has 1 aromatic heterocycles. The average molecular weight is 438 g/mol. The number of nitriles is 1. The molecule has 3 N–H and O–H groups in total. The van der Waals surface area contributed by atoms with E-state index in [0.29, 0.717) is 28.8 Å². The molecule has 2 aliphatic rings. The van der Waals surface area contributed by atoms with E-state index in [0.717, 1.165) is 3.57 Å². The average Bonchev–Trinajstić information content (AvgIpc) is 3.01. The Balaban J connectivity index is 1.98. The molecule has 6 nitrogen and oxygen atoms in total. The predicted octanol–water partition coefficient (Wildman–Crippen LogP) is 2.59. The molecule has 3 atom stereocenters. The highest BCUT2D eigenvalue weighted by atomic mass is 127. The lowest BCUT2D eigenvalue weighted by molar-refractivity contribution is -0.0936. The lowest BCUT2D eigenvalue weighted by atomic mass is 9.78. The molecule has 1 saturated heterocycles. The lowest BCUT2D eigenvalue weighted by Gasteiger charge is -2.25. The summed E-state index contributed by atoms with van der Waals surface area (Å²) in [5.41, 5.74) is 0.139. The van der Waals surface area contributed by atoms with Crippen LogP contribution in [0.2, 0.25) is 0 Å². The molecule has 0 amide bonds. The van der Waals surface area contributed by atoms with Gasteiger partial charge in [-0.3, -0.25) is 4.57 Å². The molecule has 2 aliphatic heterocycles. The van der Waals surface area contributed by atoms with E-state index in [1.807, 2.05) is 22.6 Å². The van der Waals surface area contributed by atoms with Crippen LogP contribution in [0, 0.1) is 14.9 Å². The molecule has 3 heterocycles. The van der Waals surface area contributed by atoms with Crippen LogP contribution in [0.15, 0.2) is 18.2 Å². The van der Waals surface area contributed by atoms with Gasteiger partial charge in [-0.15, -0.1) is 0 Å². The van der Waals surface area contributed by atoms with Gasteiger partial charge in [-0.05, 0) is 54.6 Å². The van der Waals surface area contributed by atoms with Gasteiger partial charge in [-0.2, -0.15) is 5.26 Å². The molecule has 1 fully saturated rings. The summed E-state index contributed by atoms with van der Waals surface area (Å²) in [7, 11) is 0. The minimum Gasteiger partial charge on any atom is -0.494 e. The van der Waals surface area contributed by atoms with Crippen molar-refractivity contribution < 1.29 is 20.1 Å². The van der Waals surface area contributed by atoms with E-state index in [9.17, 15) is 15.3 Å². The van der Waals surface area contributed by atoms with Crippen molar-refractivity contribution in [2.45, 2.75) is 37.6 Å². The van der Waals surface area contributed by atoms with Crippen LogP contribution in [0.25, 0.3) is 5.69 Å². The highest BCUT2D eigenvalue weighted by molar-refractivity contribution is 14.1. The largest absolute Gasteiger partial charge is 0.494 e. The quantitative estimate of drug-likeness (QED) is 0.595. The number of aromatic nitrogens is 1. The van der Waals surface area contributed by atoms with Crippen molar-refractivity contribution in [1.82, 2.24) is 4.57 Å². The summed E-state index contributed by atoms with van der Waals surface area (Å²) in [6.45, 7) is 3.53. The fourth-order valence-corrected chi connectivity index (χ4v) is 4.63. The van der Waals surface area contributed by atoms with Gasteiger partial charge in [-0.25, -0.2) is 0 Å². The molecule has 7 heteroatoms. The number of rotatable bonds is 1. The zero-order valence-corrected chi connectivity index (χ0v) is 15.2. The highest BCUT2D eigenvalue weighted by Gasteiger charge is 2.64. The van der Waals surface area contributed by atoms with Crippen LogP contribution in [0.1, 0.15) is 37.0 Å². The Morgan fingerprint density at radius 1 is 1.29 bits per heavy atom. The maximum Gasteiger partial charge on any atom is 0.205 e. The fourth-order valence-electron chi connectivity index (χ4n) is 4.01. The van der Waals surface area contributed by atoms with Crippen molar-refractivity contribution in [3.05, 3.63) is 38.5 Å². The van der Waals surface area contributed by atoms with Gasteiger partial charge in [0, 0.05) is 9.99 Å². The number of aromatic hydroxyl groups is 2. The first-order valence-electron chi connectivity index (χ1n) is 7.49. The van der Waals surface area contributed by atoms with Crippen molar-refractivity contribution in [3.63, 3.8) is 0 Å². The third kappa shape index (κ3) is 1.71. The fraction of sp³-hybridized carbons (Fsp3) is 0.353. The first-order chi connectivity index (χ1) is 11.2. The van der Waals surface area contributed by atoms with Gasteiger partial charge in [0.05, 0.1) is 34.1 Å². The van der Waals surface area contributed by atoms with Crippen molar-refractivity contribution in [1.29, 1.82) is 5.26 Å². The van der Waals surface area contributed by atoms with Crippen molar-refractivity contribution >= 4 is 22.6 Å². The molecule has 2 aromatic rings. The molecule has 0 radical (unpaired) electrons. The van der Waals surface area contributed by atoms with Gasteiger partial charge in [0.1, 0.15) is 11.7 Å². The van der Waals surface area contributed by atoms with Gasteiger partial charge in [-0.1, -0.05) is 0 Å². The van der Waals surface area contributed by atoms with E-state index in [2.05, 4.69) is 6.07 Å². The zero-order chi connectivity index (χ0) is 17.4. The van der Waals surface area contributed by atoms with Gasteiger partial charge >= 0.3 is 0 Å². The number of aliphatic hydroxyl groups is 1. The van der Waals surface area contributed by atoms with Crippen LogP contribution >= 0.6 is 22.6 Å². The zero-order valence-electron chi connectivity index (χ0n) is 13.0. The molecule has 124 valence electrons. The van der Waals surface area contributed by atoms with Crippen molar-refractivity contribution in [2.75, 3.05) is 0 Å². The van der Waals surface area contributed by atoms with E-state index in [1.165, 1.54) is 4.57 Å². The second-order valence-electron chi connectivity index (χ2n) is 6.67. The molecular formula is C17H15IN2O4. The summed E-state index contributed by atoms with van der Waals surface area (Å²) in [5.74, 6) is -0.242. The van der Waals surface area contributed by atoms with Crippen molar-refractivity contribution in [3.8, 4) is 23.5 Å². The van der Waals surface area contributed by atoms with Gasteiger partial charge in [0.2, 0.25) is 11.8 Å². The van der Waals surface area contributed by atoms with Crippen LogP contribution in [0.3, 0.4) is 0 Å². The summed E-state index contributed by atoms with van der Waals surface area (Å²) in [5, 5.41) is 40.9. The Hall–Kier alpha value is -1.76. The Bertz CT molecular complexity index is 932. The second kappa shape index (κ2) is 4.65. The molecule has 1 aromatic carbocycles. The number of nitrogens with zero attached hydrogens (tertiary/aromatic N) is 2. The Kier molecular flexibility index (Phi) is 3.05. The molecular weight excluding hydrogens is 423 g/mol. The van der Waals surface area contributed by atoms with E-state index >= 15 is 0 Å². The summed E-state index contributed by atoms with van der Waals surface area (Å²) in [6.07, 6.45) is -0.393. The minimum absolute atomic E-state index is 0.0962. The maximum atomic E-state index is 10.8. The van der Waals surface area contributed by atoms with E-state index in [-0.39, 0.29) is 11.8 Å². The number of benzene rings is 1. The Morgan fingerprint density at radius 3 is 2.58 bits per heavy atom. The first-order valence-corrected chi connectivity index (χ1v) is 8.56. The Morgan fingerprint density at radius 2 is 1.96 bits per heavy atom. The van der Waals surface area contributed by atoms with Crippen LogP contribution in [0.5, 0.6) is 11.8 Å².